The minimum absolute atomic E-state index is 0.0373. The largest absolute Gasteiger partial charge is 0.401 e. The van der Waals surface area contributed by atoms with Gasteiger partial charge in [0.05, 0.1) is 34.4 Å². The Balaban J connectivity index is 2.73. The molecule has 6 heteroatoms. The first-order valence-corrected chi connectivity index (χ1v) is 11.2. The summed E-state index contributed by atoms with van der Waals surface area (Å²) in [5.74, 6) is 0. The third-order valence-electron chi connectivity index (χ3n) is 3.90. The van der Waals surface area contributed by atoms with E-state index in [1.807, 2.05) is 38.3 Å². The minimum Gasteiger partial charge on any atom is -0.401 e. The molecular weight excluding hydrogens is 354 g/mol. The molecule has 0 saturated carbocycles. The van der Waals surface area contributed by atoms with Crippen LogP contribution < -0.4 is 5.73 Å². The van der Waals surface area contributed by atoms with Gasteiger partial charge in [-0.1, -0.05) is 44.2 Å². The lowest BCUT2D eigenvalue weighted by Crippen LogP contribution is -2.25. The summed E-state index contributed by atoms with van der Waals surface area (Å²) < 4.78 is 18.6. The van der Waals surface area contributed by atoms with Gasteiger partial charge in [-0.05, 0) is 31.1 Å². The maximum atomic E-state index is 11.7. The number of aliphatic hydroxyl groups excluding tert-OH is 1. The van der Waals surface area contributed by atoms with Crippen LogP contribution in [-0.4, -0.2) is 35.0 Å². The van der Waals surface area contributed by atoms with E-state index in [1.165, 1.54) is 11.8 Å². The molecule has 1 aromatic rings. The summed E-state index contributed by atoms with van der Waals surface area (Å²) in [6.07, 6.45) is 5.90. The van der Waals surface area contributed by atoms with Crippen molar-refractivity contribution in [3.63, 3.8) is 0 Å². The van der Waals surface area contributed by atoms with Gasteiger partial charge in [-0.2, -0.15) is 0 Å². The number of ether oxygens (including phenoxy) is 1. The summed E-state index contributed by atoms with van der Waals surface area (Å²) in [6.45, 7) is 4.54. The zero-order valence-electron chi connectivity index (χ0n) is 15.7. The molecule has 0 spiro atoms. The van der Waals surface area contributed by atoms with Gasteiger partial charge in [-0.25, -0.2) is 0 Å². The molecule has 0 saturated heterocycles. The van der Waals surface area contributed by atoms with E-state index in [9.17, 15) is 9.32 Å². The molecule has 0 heterocycles. The average molecular weight is 386 g/mol. The number of nitrogens with two attached hydrogens (primary N) is 1. The Morgan fingerprint density at radius 3 is 2.52 bits per heavy atom. The van der Waals surface area contributed by atoms with E-state index in [0.29, 0.717) is 18.7 Å². The molecule has 142 valence electrons. The molecule has 4 nitrogen and oxygen atoms in total. The quantitative estimate of drug-likeness (QED) is 0.606. The van der Waals surface area contributed by atoms with Crippen LogP contribution in [0.3, 0.4) is 0 Å². The molecule has 0 amide bonds. The number of aliphatic hydroxyl groups is 1. The van der Waals surface area contributed by atoms with Crippen LogP contribution >= 0.6 is 11.8 Å². The maximum Gasteiger partial charge on any atom is 0.0898 e. The molecule has 0 aliphatic rings. The molecular formula is C19H31NO3S2. The molecule has 3 N–H and O–H groups in total. The van der Waals surface area contributed by atoms with E-state index in [1.54, 1.807) is 6.26 Å². The zero-order chi connectivity index (χ0) is 18.9. The van der Waals surface area contributed by atoms with Crippen LogP contribution in [-0.2, 0) is 15.5 Å². The van der Waals surface area contributed by atoms with Gasteiger partial charge in [0, 0.05) is 17.4 Å². The van der Waals surface area contributed by atoms with Crippen molar-refractivity contribution in [2.75, 3.05) is 25.7 Å². The molecule has 0 radical (unpaired) electrons. The van der Waals surface area contributed by atoms with Gasteiger partial charge in [0.1, 0.15) is 0 Å². The van der Waals surface area contributed by atoms with Crippen LogP contribution in [0, 0.1) is 5.41 Å². The monoisotopic (exact) mass is 385 g/mol. The molecule has 0 aliphatic heterocycles. The summed E-state index contributed by atoms with van der Waals surface area (Å²) in [5.41, 5.74) is 7.68. The zero-order valence-corrected chi connectivity index (χ0v) is 17.3. The van der Waals surface area contributed by atoms with Crippen molar-refractivity contribution in [1.29, 1.82) is 0 Å². The number of benzene rings is 1. The maximum absolute atomic E-state index is 11.7. The Morgan fingerprint density at radius 1 is 1.36 bits per heavy atom. The second kappa shape index (κ2) is 11.0. The van der Waals surface area contributed by atoms with Gasteiger partial charge < -0.3 is 15.6 Å². The highest BCUT2D eigenvalue weighted by molar-refractivity contribution is 8.15. The summed E-state index contributed by atoms with van der Waals surface area (Å²) in [7, 11) is -1.04. The van der Waals surface area contributed by atoms with Crippen LogP contribution in [0.25, 0.3) is 0 Å². The molecule has 2 atom stereocenters. The predicted molar refractivity (Wildman–Crippen MR) is 109 cm³/mol. The first kappa shape index (κ1) is 22.2. The second-order valence-electron chi connectivity index (χ2n) is 6.90. The highest BCUT2D eigenvalue weighted by atomic mass is 32.2. The Morgan fingerprint density at radius 2 is 2.00 bits per heavy atom. The standard InChI is InChI=1S/C19H31NO3S2/c1-19(2,13-21)14-23-17(15-9-6-5-7-10-15)12-8-11-16(20)18(24-3)25(4)22/h5-7,9-10,17,21H,8,11-14,20H2,1-4H3/b18-16-. The topological polar surface area (TPSA) is 72.6 Å². The van der Waals surface area contributed by atoms with E-state index in [-0.39, 0.29) is 18.1 Å². The Labute approximate surface area is 158 Å². The van der Waals surface area contributed by atoms with Crippen molar-refractivity contribution in [2.24, 2.45) is 11.1 Å². The van der Waals surface area contributed by atoms with E-state index in [0.717, 1.165) is 22.6 Å². The fraction of sp³-hybridized carbons (Fsp3) is 0.579. The number of rotatable bonds is 11. The van der Waals surface area contributed by atoms with Crippen LogP contribution in [0.5, 0.6) is 0 Å². The first-order chi connectivity index (χ1) is 11.8. The van der Waals surface area contributed by atoms with Crippen LogP contribution in [0.1, 0.15) is 44.8 Å². The van der Waals surface area contributed by atoms with E-state index in [2.05, 4.69) is 12.1 Å². The van der Waals surface area contributed by atoms with Gasteiger partial charge in [-0.15, -0.1) is 11.8 Å². The van der Waals surface area contributed by atoms with Crippen LogP contribution in [0.15, 0.2) is 40.3 Å². The highest BCUT2D eigenvalue weighted by Gasteiger charge is 2.21. The Kier molecular flexibility index (Phi) is 9.79. The molecule has 0 bridgehead atoms. The Bertz CT molecular complexity index is 573. The van der Waals surface area contributed by atoms with E-state index >= 15 is 0 Å². The van der Waals surface area contributed by atoms with Crippen LogP contribution in [0.2, 0.25) is 0 Å². The lowest BCUT2D eigenvalue weighted by molar-refractivity contribution is -0.0226. The second-order valence-corrected chi connectivity index (χ2v) is 9.29. The van der Waals surface area contributed by atoms with Crippen molar-refractivity contribution in [2.45, 2.75) is 39.2 Å². The number of allylic oxidation sites excluding steroid dienone is 1. The number of hydrogen-bond donors (Lipinski definition) is 2. The van der Waals surface area contributed by atoms with E-state index < -0.39 is 10.8 Å². The van der Waals surface area contributed by atoms with Gasteiger partial charge in [0.25, 0.3) is 0 Å². The summed E-state index contributed by atoms with van der Waals surface area (Å²) in [6, 6.07) is 10.1. The molecule has 0 aromatic heterocycles. The molecule has 0 fully saturated rings. The van der Waals surface area contributed by atoms with Gasteiger partial charge in [0.15, 0.2) is 0 Å². The fourth-order valence-corrected chi connectivity index (χ4v) is 4.17. The minimum atomic E-state index is -1.04. The molecule has 25 heavy (non-hydrogen) atoms. The third-order valence-corrected chi connectivity index (χ3v) is 6.52. The molecule has 1 rings (SSSR count). The smallest absolute Gasteiger partial charge is 0.0898 e. The van der Waals surface area contributed by atoms with Crippen molar-refractivity contribution < 1.29 is 14.1 Å². The number of hydrogen-bond acceptors (Lipinski definition) is 5. The third kappa shape index (κ3) is 7.94. The lowest BCUT2D eigenvalue weighted by Gasteiger charge is -2.26. The van der Waals surface area contributed by atoms with Crippen LogP contribution in [0.4, 0.5) is 0 Å². The Hall–Kier alpha value is -0.820. The number of thioether (sulfide) groups is 1. The van der Waals surface area contributed by atoms with Crippen molar-refractivity contribution in [3.8, 4) is 0 Å². The molecule has 1 aromatic carbocycles. The van der Waals surface area contributed by atoms with Crippen molar-refractivity contribution >= 4 is 22.6 Å². The van der Waals surface area contributed by atoms with E-state index in [4.69, 9.17) is 10.5 Å². The van der Waals surface area contributed by atoms with Gasteiger partial charge in [-0.3, -0.25) is 4.21 Å². The van der Waals surface area contributed by atoms with Gasteiger partial charge in [0.2, 0.25) is 0 Å². The summed E-state index contributed by atoms with van der Waals surface area (Å²) in [4.78, 5) is 0. The molecule has 2 unspecified atom stereocenters. The average Bonchev–Trinajstić information content (AvgIpc) is 2.59. The predicted octanol–water partition coefficient (Wildman–Crippen LogP) is 3.80. The highest BCUT2D eigenvalue weighted by Crippen LogP contribution is 2.28. The first-order valence-electron chi connectivity index (χ1n) is 8.44. The van der Waals surface area contributed by atoms with Crippen molar-refractivity contribution in [1.82, 2.24) is 0 Å². The van der Waals surface area contributed by atoms with Crippen molar-refractivity contribution in [3.05, 3.63) is 45.8 Å². The molecule has 0 aliphatic carbocycles. The normalized spacial score (nSPS) is 15.6. The summed E-state index contributed by atoms with van der Waals surface area (Å²) >= 11 is 1.45. The summed E-state index contributed by atoms with van der Waals surface area (Å²) in [5, 5.41) is 9.43. The van der Waals surface area contributed by atoms with Gasteiger partial charge >= 0.3 is 0 Å². The lowest BCUT2D eigenvalue weighted by atomic mass is 9.96. The fourth-order valence-electron chi connectivity index (χ4n) is 2.40. The SMILES string of the molecule is CS/C(=C(/N)CCCC(OCC(C)(C)CO)c1ccccc1)S(C)=O.